The second-order valence-electron chi connectivity index (χ2n) is 6.16. The lowest BCUT2D eigenvalue weighted by atomic mass is 9.99. The Bertz CT molecular complexity index is 831. The fourth-order valence-electron chi connectivity index (χ4n) is 2.85. The molecule has 1 atom stereocenters. The zero-order chi connectivity index (χ0) is 17.1. The predicted molar refractivity (Wildman–Crippen MR) is 102 cm³/mol. The number of aliphatic hydroxyl groups excluding tert-OH is 1. The van der Waals surface area contributed by atoms with E-state index in [0.717, 1.165) is 13.0 Å². The monoisotopic (exact) mass is 360 g/mol. The lowest BCUT2D eigenvalue weighted by Gasteiger charge is -2.14. The number of thiophene rings is 1. The van der Waals surface area contributed by atoms with Gasteiger partial charge in [0.1, 0.15) is 5.15 Å². The van der Waals surface area contributed by atoms with Crippen LogP contribution in [0.1, 0.15) is 22.1 Å². The van der Waals surface area contributed by atoms with Gasteiger partial charge in [0.2, 0.25) is 0 Å². The summed E-state index contributed by atoms with van der Waals surface area (Å²) in [6.07, 6.45) is 2.52. The maximum Gasteiger partial charge on any atom is 0.134 e. The van der Waals surface area contributed by atoms with Gasteiger partial charge in [0.25, 0.3) is 0 Å². The van der Waals surface area contributed by atoms with E-state index >= 15 is 0 Å². The molecule has 0 saturated heterocycles. The van der Waals surface area contributed by atoms with Crippen molar-refractivity contribution in [3.05, 3.63) is 63.8 Å². The molecule has 1 aromatic carbocycles. The van der Waals surface area contributed by atoms with E-state index in [4.69, 9.17) is 11.6 Å². The molecule has 0 aliphatic rings. The van der Waals surface area contributed by atoms with Crippen LogP contribution in [0.15, 0.2) is 42.6 Å². The minimum Gasteiger partial charge on any atom is -0.388 e. The van der Waals surface area contributed by atoms with E-state index < -0.39 is 6.10 Å². The molecule has 3 rings (SSSR count). The molecule has 0 bridgehead atoms. The lowest BCUT2D eigenvalue weighted by molar-refractivity contribution is 0.178. The standard InChI is InChI=1S/C19H21ClN2OS/c1-22(2)11-9-18-15(13-6-3-4-8-17(13)24-18)12-16(23)14-7-5-10-21-19(14)20/h3-8,10,16,23H,9,11-12H2,1-2H3. The van der Waals surface area contributed by atoms with Crippen LogP contribution < -0.4 is 0 Å². The van der Waals surface area contributed by atoms with Crippen molar-refractivity contribution in [2.45, 2.75) is 18.9 Å². The van der Waals surface area contributed by atoms with Gasteiger partial charge in [0.05, 0.1) is 6.10 Å². The van der Waals surface area contributed by atoms with Crippen LogP contribution in [0.3, 0.4) is 0 Å². The van der Waals surface area contributed by atoms with Crippen LogP contribution in [0.2, 0.25) is 5.15 Å². The number of nitrogens with zero attached hydrogens (tertiary/aromatic N) is 2. The molecule has 0 radical (unpaired) electrons. The molecular formula is C19H21ClN2OS. The Labute approximate surface area is 151 Å². The molecule has 3 aromatic rings. The first kappa shape index (κ1) is 17.4. The highest BCUT2D eigenvalue weighted by Gasteiger charge is 2.18. The average Bonchev–Trinajstić information content (AvgIpc) is 2.91. The Morgan fingerprint density at radius 1 is 1.21 bits per heavy atom. The number of hydrogen-bond acceptors (Lipinski definition) is 4. The van der Waals surface area contributed by atoms with Crippen molar-refractivity contribution in [3.8, 4) is 0 Å². The van der Waals surface area contributed by atoms with E-state index in [1.54, 1.807) is 6.20 Å². The van der Waals surface area contributed by atoms with Crippen molar-refractivity contribution in [2.24, 2.45) is 0 Å². The molecule has 0 amide bonds. The van der Waals surface area contributed by atoms with Gasteiger partial charge >= 0.3 is 0 Å². The highest BCUT2D eigenvalue weighted by atomic mass is 35.5. The van der Waals surface area contributed by atoms with Crippen LogP contribution in [-0.2, 0) is 12.8 Å². The van der Waals surface area contributed by atoms with Gasteiger partial charge in [-0.3, -0.25) is 0 Å². The van der Waals surface area contributed by atoms with Gasteiger partial charge in [-0.05, 0) is 43.6 Å². The predicted octanol–water partition coefficient (Wildman–Crippen LogP) is 4.33. The molecule has 0 saturated carbocycles. The van der Waals surface area contributed by atoms with E-state index in [0.29, 0.717) is 17.1 Å². The van der Waals surface area contributed by atoms with E-state index in [9.17, 15) is 5.11 Å². The number of hydrogen-bond donors (Lipinski definition) is 1. The number of aliphatic hydroxyl groups is 1. The average molecular weight is 361 g/mol. The third kappa shape index (κ3) is 3.78. The minimum absolute atomic E-state index is 0.374. The van der Waals surface area contributed by atoms with Crippen LogP contribution in [0, 0.1) is 0 Å². The Hall–Kier alpha value is -1.46. The number of benzene rings is 1. The highest BCUT2D eigenvalue weighted by Crippen LogP contribution is 2.35. The number of likely N-dealkylation sites (N-methyl/N-ethyl adjacent to an activating group) is 1. The number of rotatable bonds is 6. The van der Waals surface area contributed by atoms with E-state index in [2.05, 4.69) is 48.2 Å². The van der Waals surface area contributed by atoms with Gasteiger partial charge in [0.15, 0.2) is 0 Å². The quantitative estimate of drug-likeness (QED) is 0.665. The van der Waals surface area contributed by atoms with E-state index in [1.807, 2.05) is 23.5 Å². The molecule has 5 heteroatoms. The summed E-state index contributed by atoms with van der Waals surface area (Å²) >= 11 is 7.97. The first-order chi connectivity index (χ1) is 11.6. The van der Waals surface area contributed by atoms with Crippen molar-refractivity contribution in [1.29, 1.82) is 0 Å². The van der Waals surface area contributed by atoms with E-state index in [-0.39, 0.29) is 0 Å². The minimum atomic E-state index is -0.651. The summed E-state index contributed by atoms with van der Waals surface area (Å²) in [6.45, 7) is 0.990. The maximum absolute atomic E-state index is 10.7. The van der Waals surface area contributed by atoms with Gasteiger partial charge in [-0.25, -0.2) is 4.98 Å². The second-order valence-corrected chi connectivity index (χ2v) is 7.65. The maximum atomic E-state index is 10.7. The smallest absolute Gasteiger partial charge is 0.134 e. The molecule has 126 valence electrons. The summed E-state index contributed by atoms with van der Waals surface area (Å²) < 4.78 is 1.27. The summed E-state index contributed by atoms with van der Waals surface area (Å²) in [4.78, 5) is 7.60. The van der Waals surface area contributed by atoms with Crippen LogP contribution in [-0.4, -0.2) is 35.6 Å². The number of pyridine rings is 1. The normalized spacial score (nSPS) is 12.9. The van der Waals surface area contributed by atoms with Crippen molar-refractivity contribution in [2.75, 3.05) is 20.6 Å². The number of fused-ring (bicyclic) bond motifs is 1. The number of halogens is 1. The van der Waals surface area contributed by atoms with E-state index in [1.165, 1.54) is 20.5 Å². The molecule has 0 aliphatic carbocycles. The Morgan fingerprint density at radius 2 is 2.00 bits per heavy atom. The molecule has 3 nitrogen and oxygen atoms in total. The third-order valence-corrected chi connectivity index (χ3v) is 5.70. The Morgan fingerprint density at radius 3 is 2.75 bits per heavy atom. The lowest BCUT2D eigenvalue weighted by Crippen LogP contribution is -2.15. The van der Waals surface area contributed by atoms with Crippen LogP contribution in [0.4, 0.5) is 0 Å². The zero-order valence-electron chi connectivity index (χ0n) is 13.9. The number of aromatic nitrogens is 1. The first-order valence-electron chi connectivity index (χ1n) is 7.98. The van der Waals surface area contributed by atoms with Crippen molar-refractivity contribution in [3.63, 3.8) is 0 Å². The topological polar surface area (TPSA) is 36.4 Å². The van der Waals surface area contributed by atoms with Crippen molar-refractivity contribution < 1.29 is 5.11 Å². The molecule has 1 N–H and O–H groups in total. The van der Waals surface area contributed by atoms with Gasteiger partial charge < -0.3 is 10.0 Å². The van der Waals surface area contributed by atoms with Crippen LogP contribution >= 0.6 is 22.9 Å². The van der Waals surface area contributed by atoms with Crippen LogP contribution in [0.25, 0.3) is 10.1 Å². The summed E-state index contributed by atoms with van der Waals surface area (Å²) in [6, 6.07) is 12.0. The second kappa shape index (κ2) is 7.62. The molecule has 1 unspecified atom stereocenters. The molecule has 0 aliphatic heterocycles. The Kier molecular flexibility index (Phi) is 5.51. The van der Waals surface area contributed by atoms with Gasteiger partial charge in [-0.2, -0.15) is 0 Å². The van der Waals surface area contributed by atoms with Gasteiger partial charge in [-0.15, -0.1) is 11.3 Å². The molecule has 0 spiro atoms. The molecule has 2 heterocycles. The summed E-state index contributed by atoms with van der Waals surface area (Å²) in [7, 11) is 4.16. The van der Waals surface area contributed by atoms with Crippen molar-refractivity contribution in [1.82, 2.24) is 9.88 Å². The van der Waals surface area contributed by atoms with Gasteiger partial charge in [-0.1, -0.05) is 35.9 Å². The fourth-order valence-corrected chi connectivity index (χ4v) is 4.32. The SMILES string of the molecule is CN(C)CCc1sc2ccccc2c1CC(O)c1cccnc1Cl. The Balaban J connectivity index is 1.94. The summed E-state index contributed by atoms with van der Waals surface area (Å²) in [5.41, 5.74) is 1.91. The van der Waals surface area contributed by atoms with Gasteiger partial charge in [0, 0.05) is 34.3 Å². The fraction of sp³-hybridized carbons (Fsp3) is 0.316. The highest BCUT2D eigenvalue weighted by molar-refractivity contribution is 7.19. The molecule has 24 heavy (non-hydrogen) atoms. The van der Waals surface area contributed by atoms with Crippen LogP contribution in [0.5, 0.6) is 0 Å². The zero-order valence-corrected chi connectivity index (χ0v) is 15.4. The summed E-state index contributed by atoms with van der Waals surface area (Å²) in [5.74, 6) is 0. The molecular weight excluding hydrogens is 340 g/mol. The molecule has 0 fully saturated rings. The van der Waals surface area contributed by atoms with Crippen molar-refractivity contribution >= 4 is 33.0 Å². The third-order valence-electron chi connectivity index (χ3n) is 4.11. The first-order valence-corrected chi connectivity index (χ1v) is 9.18. The largest absolute Gasteiger partial charge is 0.388 e. The summed E-state index contributed by atoms with van der Waals surface area (Å²) in [5, 5.41) is 12.3. The molecule has 2 aromatic heterocycles.